The summed E-state index contributed by atoms with van der Waals surface area (Å²) in [6, 6.07) is 17.6. The van der Waals surface area contributed by atoms with Crippen molar-refractivity contribution in [2.75, 3.05) is 39.3 Å². The maximum Gasteiger partial charge on any atom is 0.253 e. The first-order valence-electron chi connectivity index (χ1n) is 11.4. The number of carbonyl (C=O) groups is 1. The minimum atomic E-state index is -3.65. The number of ether oxygens (including phenoxy) is 1. The second-order valence-corrected chi connectivity index (χ2v) is 11.0. The van der Waals surface area contributed by atoms with Crippen LogP contribution in [0.25, 0.3) is 10.8 Å². The summed E-state index contributed by atoms with van der Waals surface area (Å²) >= 11 is 6.03. The Labute approximate surface area is 216 Å². The van der Waals surface area contributed by atoms with Gasteiger partial charge < -0.3 is 15.0 Å². The lowest BCUT2D eigenvalue weighted by atomic mass is 10.1. The van der Waals surface area contributed by atoms with Crippen molar-refractivity contribution in [1.82, 2.24) is 14.5 Å². The van der Waals surface area contributed by atoms with Crippen LogP contribution in [0.1, 0.15) is 16.8 Å². The van der Waals surface area contributed by atoms with Gasteiger partial charge in [-0.05, 0) is 72.3 Å². The van der Waals surface area contributed by atoms with Crippen molar-refractivity contribution in [2.45, 2.75) is 17.4 Å². The molecule has 1 atom stereocenters. The first kappa shape index (κ1) is 25.7. The third-order valence-corrected chi connectivity index (χ3v) is 8.49. The van der Waals surface area contributed by atoms with E-state index in [-0.39, 0.29) is 42.4 Å². The number of carbonyl (C=O) groups excluding carboxylic acids is 1. The lowest BCUT2D eigenvalue weighted by Gasteiger charge is -2.34. The average molecular weight is 536 g/mol. The van der Waals surface area contributed by atoms with Crippen molar-refractivity contribution in [3.8, 4) is 5.75 Å². The molecule has 0 saturated carbocycles. The van der Waals surface area contributed by atoms with Crippen LogP contribution in [-0.4, -0.2) is 68.9 Å². The molecule has 3 aromatic carbocycles. The van der Waals surface area contributed by atoms with Crippen molar-refractivity contribution in [1.29, 1.82) is 0 Å². The Morgan fingerprint density at radius 1 is 0.943 bits per heavy atom. The fraction of sp³-hybridized carbons (Fsp3) is 0.320. The number of fused-ring (bicyclic) bond motifs is 1. The molecule has 1 amide bonds. The zero-order valence-electron chi connectivity index (χ0n) is 19.0. The summed E-state index contributed by atoms with van der Waals surface area (Å²) in [7, 11) is -3.65. The van der Waals surface area contributed by atoms with Gasteiger partial charge >= 0.3 is 0 Å². The van der Waals surface area contributed by atoms with Crippen LogP contribution in [0.5, 0.6) is 5.75 Å². The summed E-state index contributed by atoms with van der Waals surface area (Å²) in [4.78, 5) is 14.9. The minimum Gasteiger partial charge on any atom is -0.489 e. The van der Waals surface area contributed by atoms with Crippen molar-refractivity contribution < 1.29 is 17.9 Å². The Kier molecular flexibility index (Phi) is 7.88. The molecule has 2 heterocycles. The second-order valence-electron chi connectivity index (χ2n) is 8.61. The Hall–Kier alpha value is -2.36. The summed E-state index contributed by atoms with van der Waals surface area (Å²) in [6.07, 6.45) is 1.14. The Bertz CT molecular complexity index is 1300. The first-order chi connectivity index (χ1) is 16.4. The number of halogens is 2. The molecular formula is C25H27Cl2N3O4S. The highest BCUT2D eigenvalue weighted by Gasteiger charge is 2.30. The van der Waals surface area contributed by atoms with Gasteiger partial charge in [0.05, 0.1) is 4.90 Å². The molecule has 5 rings (SSSR count). The van der Waals surface area contributed by atoms with Gasteiger partial charge in [-0.25, -0.2) is 8.42 Å². The number of amides is 1. The van der Waals surface area contributed by atoms with Crippen LogP contribution >= 0.6 is 24.0 Å². The summed E-state index contributed by atoms with van der Waals surface area (Å²) in [5.41, 5.74) is 0.571. The molecule has 2 saturated heterocycles. The van der Waals surface area contributed by atoms with E-state index in [2.05, 4.69) is 5.32 Å². The molecule has 186 valence electrons. The topological polar surface area (TPSA) is 79.0 Å². The number of hydrogen-bond acceptors (Lipinski definition) is 5. The molecule has 3 aromatic rings. The number of rotatable bonds is 5. The number of piperazine rings is 1. The van der Waals surface area contributed by atoms with E-state index < -0.39 is 10.0 Å². The van der Waals surface area contributed by atoms with Crippen molar-refractivity contribution in [2.24, 2.45) is 0 Å². The lowest BCUT2D eigenvalue weighted by Crippen LogP contribution is -2.50. The van der Waals surface area contributed by atoms with Crippen LogP contribution < -0.4 is 10.1 Å². The SMILES string of the molecule is Cl.O=C(c1ccc(O[C@@H]2CCNC2)cc1)N1CCN(S(=O)(=O)c2ccc3cc(Cl)ccc3c2)CC1. The molecular weight excluding hydrogens is 509 g/mol. The molecule has 0 aromatic heterocycles. The van der Waals surface area contributed by atoms with Crippen molar-refractivity contribution in [3.05, 3.63) is 71.2 Å². The molecule has 2 fully saturated rings. The molecule has 0 aliphatic carbocycles. The van der Waals surface area contributed by atoms with Gasteiger partial charge in [0.1, 0.15) is 11.9 Å². The summed E-state index contributed by atoms with van der Waals surface area (Å²) in [6.45, 7) is 2.98. The molecule has 0 unspecified atom stereocenters. The minimum absolute atomic E-state index is 0. The Morgan fingerprint density at radius 2 is 1.63 bits per heavy atom. The first-order valence-corrected chi connectivity index (χ1v) is 13.2. The highest BCUT2D eigenvalue weighted by Crippen LogP contribution is 2.25. The van der Waals surface area contributed by atoms with Crippen LogP contribution in [0.3, 0.4) is 0 Å². The van der Waals surface area contributed by atoms with Crippen molar-refractivity contribution >= 4 is 50.7 Å². The van der Waals surface area contributed by atoms with Crippen LogP contribution in [0, 0.1) is 0 Å². The predicted molar refractivity (Wildman–Crippen MR) is 139 cm³/mol. The lowest BCUT2D eigenvalue weighted by molar-refractivity contribution is 0.0698. The normalized spacial score (nSPS) is 18.9. The van der Waals surface area contributed by atoms with Gasteiger partial charge in [0.15, 0.2) is 0 Å². The Balaban J connectivity index is 0.00000289. The molecule has 35 heavy (non-hydrogen) atoms. The van der Waals surface area contributed by atoms with E-state index in [1.54, 1.807) is 41.3 Å². The molecule has 10 heteroatoms. The fourth-order valence-electron chi connectivity index (χ4n) is 4.42. The molecule has 7 nitrogen and oxygen atoms in total. The van der Waals surface area contributed by atoms with E-state index in [1.165, 1.54) is 4.31 Å². The van der Waals surface area contributed by atoms with Gasteiger partial charge in [0.25, 0.3) is 5.91 Å². The number of sulfonamides is 1. The molecule has 2 aliphatic rings. The van der Waals surface area contributed by atoms with Crippen molar-refractivity contribution in [3.63, 3.8) is 0 Å². The van der Waals surface area contributed by atoms with E-state index in [4.69, 9.17) is 16.3 Å². The van der Waals surface area contributed by atoms with Gasteiger partial charge in [-0.1, -0.05) is 23.7 Å². The molecule has 0 bridgehead atoms. The van der Waals surface area contributed by atoms with E-state index in [1.807, 2.05) is 24.3 Å². The van der Waals surface area contributed by atoms with Gasteiger partial charge in [-0.15, -0.1) is 12.4 Å². The van der Waals surface area contributed by atoms with E-state index in [0.29, 0.717) is 23.7 Å². The molecule has 0 spiro atoms. The molecule has 0 radical (unpaired) electrons. The maximum absolute atomic E-state index is 13.2. The number of hydrogen-bond donors (Lipinski definition) is 1. The number of benzene rings is 3. The predicted octanol–water partition coefficient (Wildman–Crippen LogP) is 3.80. The van der Waals surface area contributed by atoms with Crippen LogP contribution in [-0.2, 0) is 10.0 Å². The summed E-state index contributed by atoms with van der Waals surface area (Å²) < 4.78 is 33.8. The molecule has 1 N–H and O–H groups in total. The highest BCUT2D eigenvalue weighted by molar-refractivity contribution is 7.89. The molecule has 2 aliphatic heterocycles. The average Bonchev–Trinajstić information content (AvgIpc) is 3.37. The smallest absolute Gasteiger partial charge is 0.253 e. The van der Waals surface area contributed by atoms with Crippen LogP contribution in [0.2, 0.25) is 5.02 Å². The summed E-state index contributed by atoms with van der Waals surface area (Å²) in [5, 5.41) is 5.57. The third kappa shape index (κ3) is 5.57. The highest BCUT2D eigenvalue weighted by atomic mass is 35.5. The zero-order chi connectivity index (χ0) is 23.7. The summed E-state index contributed by atoms with van der Waals surface area (Å²) in [5.74, 6) is 0.646. The van der Waals surface area contributed by atoms with Crippen LogP contribution in [0.15, 0.2) is 65.6 Å². The standard InChI is InChI=1S/C25H26ClN3O4S.ClH/c26-21-5-1-20-16-24(8-4-19(20)15-21)34(31,32)29-13-11-28(12-14-29)25(30)18-2-6-22(7-3-18)33-23-9-10-27-17-23;/h1-8,15-16,23,27H,9-14,17H2;1H/t23-;/m1./s1. The van der Waals surface area contributed by atoms with E-state index >= 15 is 0 Å². The Morgan fingerprint density at radius 3 is 2.31 bits per heavy atom. The largest absolute Gasteiger partial charge is 0.489 e. The van der Waals surface area contributed by atoms with E-state index in [9.17, 15) is 13.2 Å². The third-order valence-electron chi connectivity index (χ3n) is 6.36. The van der Waals surface area contributed by atoms with Gasteiger partial charge in [-0.2, -0.15) is 4.31 Å². The maximum atomic E-state index is 13.2. The van der Waals surface area contributed by atoms with Gasteiger partial charge in [0, 0.05) is 43.3 Å². The van der Waals surface area contributed by atoms with Crippen LogP contribution in [0.4, 0.5) is 0 Å². The monoisotopic (exact) mass is 535 g/mol. The quantitative estimate of drug-likeness (QED) is 0.537. The zero-order valence-corrected chi connectivity index (χ0v) is 21.4. The number of nitrogens with zero attached hydrogens (tertiary/aromatic N) is 2. The van der Waals surface area contributed by atoms with Gasteiger partial charge in [-0.3, -0.25) is 4.79 Å². The van der Waals surface area contributed by atoms with Gasteiger partial charge in [0.2, 0.25) is 10.0 Å². The van der Waals surface area contributed by atoms with E-state index in [0.717, 1.165) is 36.0 Å². The fourth-order valence-corrected chi connectivity index (χ4v) is 6.05. The second kappa shape index (κ2) is 10.7. The number of nitrogens with one attached hydrogen (secondary N) is 1.